The molecule has 1 heterocycles. The Morgan fingerprint density at radius 2 is 1.71 bits per heavy atom. The minimum atomic E-state index is -0.285. The standard InChI is InChI=1S/C13H6ClNO2/c14-12-7-3-1-2-4-8(7)15-13-10(17)6-5-9(16)11(12)13/h1-6H. The molecule has 1 aliphatic carbocycles. The average Bonchev–Trinajstić information content (AvgIpc) is 2.34. The summed E-state index contributed by atoms with van der Waals surface area (Å²) < 4.78 is 0. The molecule has 17 heavy (non-hydrogen) atoms. The van der Waals surface area contributed by atoms with Crippen molar-refractivity contribution in [2.24, 2.45) is 0 Å². The van der Waals surface area contributed by atoms with E-state index in [1.165, 1.54) is 12.2 Å². The number of halogens is 1. The minimum absolute atomic E-state index is 0.140. The van der Waals surface area contributed by atoms with E-state index in [0.29, 0.717) is 15.9 Å². The molecule has 1 aliphatic rings. The summed E-state index contributed by atoms with van der Waals surface area (Å²) in [5.74, 6) is -0.560. The number of para-hydroxylation sites is 1. The predicted octanol–water partition coefficient (Wildman–Crippen LogP) is 2.82. The molecule has 82 valence electrons. The zero-order valence-corrected chi connectivity index (χ0v) is 9.36. The van der Waals surface area contributed by atoms with E-state index in [2.05, 4.69) is 4.98 Å². The third-order valence-electron chi connectivity index (χ3n) is 2.69. The lowest BCUT2D eigenvalue weighted by atomic mass is 9.98. The van der Waals surface area contributed by atoms with E-state index in [1.54, 1.807) is 12.1 Å². The maximum Gasteiger partial charge on any atom is 0.205 e. The highest BCUT2D eigenvalue weighted by molar-refractivity contribution is 6.41. The number of nitrogens with zero attached hydrogens (tertiary/aromatic N) is 1. The fourth-order valence-corrected chi connectivity index (χ4v) is 2.23. The molecule has 0 aliphatic heterocycles. The van der Waals surface area contributed by atoms with Crippen molar-refractivity contribution in [3.63, 3.8) is 0 Å². The first-order valence-electron chi connectivity index (χ1n) is 5.03. The molecular weight excluding hydrogens is 238 g/mol. The second kappa shape index (κ2) is 3.50. The zero-order valence-electron chi connectivity index (χ0n) is 8.61. The van der Waals surface area contributed by atoms with Crippen molar-refractivity contribution < 1.29 is 9.59 Å². The van der Waals surface area contributed by atoms with Gasteiger partial charge in [0.2, 0.25) is 5.78 Å². The number of benzene rings is 1. The average molecular weight is 244 g/mol. The molecule has 0 fully saturated rings. The fourth-order valence-electron chi connectivity index (χ4n) is 1.89. The highest BCUT2D eigenvalue weighted by Gasteiger charge is 2.25. The van der Waals surface area contributed by atoms with Gasteiger partial charge in [-0.3, -0.25) is 9.59 Å². The normalized spacial score (nSPS) is 14.2. The third-order valence-corrected chi connectivity index (χ3v) is 3.09. The second-order valence-corrected chi connectivity index (χ2v) is 4.11. The van der Waals surface area contributed by atoms with Crippen LogP contribution in [-0.4, -0.2) is 16.6 Å². The van der Waals surface area contributed by atoms with E-state index < -0.39 is 0 Å². The number of carbonyl (C=O) groups is 2. The Hall–Kier alpha value is -2.00. The van der Waals surface area contributed by atoms with Crippen LogP contribution in [0.3, 0.4) is 0 Å². The van der Waals surface area contributed by atoms with Gasteiger partial charge in [0.15, 0.2) is 5.78 Å². The maximum atomic E-state index is 11.7. The summed E-state index contributed by atoms with van der Waals surface area (Å²) in [5, 5.41) is 0.984. The molecule has 0 spiro atoms. The summed E-state index contributed by atoms with van der Waals surface area (Å²) in [6.07, 6.45) is 2.45. The maximum absolute atomic E-state index is 11.7. The second-order valence-electron chi connectivity index (χ2n) is 3.73. The summed E-state index contributed by atoms with van der Waals surface area (Å²) >= 11 is 6.17. The van der Waals surface area contributed by atoms with E-state index in [1.807, 2.05) is 12.1 Å². The first-order valence-corrected chi connectivity index (χ1v) is 5.41. The summed E-state index contributed by atoms with van der Waals surface area (Å²) in [6, 6.07) is 7.16. The molecular formula is C13H6ClNO2. The third kappa shape index (κ3) is 1.40. The Balaban J connectivity index is 2.48. The number of allylic oxidation sites excluding steroid dienone is 2. The van der Waals surface area contributed by atoms with Crippen molar-refractivity contribution in [1.82, 2.24) is 4.98 Å². The van der Waals surface area contributed by atoms with Gasteiger partial charge in [0.1, 0.15) is 5.69 Å². The summed E-state index contributed by atoms with van der Waals surface area (Å²) in [4.78, 5) is 27.6. The smallest absolute Gasteiger partial charge is 0.205 e. The van der Waals surface area contributed by atoms with Crippen molar-refractivity contribution in [1.29, 1.82) is 0 Å². The SMILES string of the molecule is O=C1C=CC(=O)c2c1nc1ccccc1c2Cl. The van der Waals surface area contributed by atoms with Gasteiger partial charge >= 0.3 is 0 Å². The number of rotatable bonds is 0. The largest absolute Gasteiger partial charge is 0.289 e. The number of ketones is 2. The van der Waals surface area contributed by atoms with Crippen molar-refractivity contribution in [3.05, 3.63) is 52.7 Å². The van der Waals surface area contributed by atoms with Crippen LogP contribution in [0.25, 0.3) is 10.9 Å². The van der Waals surface area contributed by atoms with Gasteiger partial charge in [0.25, 0.3) is 0 Å². The fraction of sp³-hybridized carbons (Fsp3) is 0. The van der Waals surface area contributed by atoms with Crippen LogP contribution in [0.2, 0.25) is 5.02 Å². The molecule has 1 aromatic heterocycles. The molecule has 0 N–H and O–H groups in total. The van der Waals surface area contributed by atoms with Gasteiger partial charge in [-0.1, -0.05) is 29.8 Å². The van der Waals surface area contributed by atoms with E-state index in [9.17, 15) is 9.59 Å². The van der Waals surface area contributed by atoms with Gasteiger partial charge in [0, 0.05) is 5.39 Å². The quantitative estimate of drug-likeness (QED) is 0.715. The van der Waals surface area contributed by atoms with Crippen molar-refractivity contribution in [2.75, 3.05) is 0 Å². The molecule has 0 bridgehead atoms. The summed E-state index contributed by atoms with van der Waals surface area (Å²) in [7, 11) is 0. The Morgan fingerprint density at radius 3 is 2.53 bits per heavy atom. The number of hydrogen-bond donors (Lipinski definition) is 0. The molecule has 0 saturated heterocycles. The van der Waals surface area contributed by atoms with Crippen molar-refractivity contribution in [2.45, 2.75) is 0 Å². The predicted molar refractivity (Wildman–Crippen MR) is 64.6 cm³/mol. The Kier molecular flexibility index (Phi) is 2.09. The number of aromatic nitrogens is 1. The lowest BCUT2D eigenvalue weighted by Gasteiger charge is -2.11. The Morgan fingerprint density at radius 1 is 1.00 bits per heavy atom. The van der Waals surface area contributed by atoms with Crippen LogP contribution in [0.1, 0.15) is 20.8 Å². The van der Waals surface area contributed by atoms with Crippen molar-refractivity contribution >= 4 is 34.1 Å². The van der Waals surface area contributed by atoms with Crippen LogP contribution in [0.15, 0.2) is 36.4 Å². The van der Waals surface area contributed by atoms with Gasteiger partial charge in [0.05, 0.1) is 16.1 Å². The van der Waals surface area contributed by atoms with Crippen molar-refractivity contribution in [3.8, 4) is 0 Å². The van der Waals surface area contributed by atoms with Crippen LogP contribution in [-0.2, 0) is 0 Å². The molecule has 2 aromatic rings. The molecule has 4 heteroatoms. The highest BCUT2D eigenvalue weighted by atomic mass is 35.5. The highest BCUT2D eigenvalue weighted by Crippen LogP contribution is 2.30. The first-order chi connectivity index (χ1) is 8.18. The summed E-state index contributed by atoms with van der Waals surface area (Å²) in [5.41, 5.74) is 0.965. The van der Waals surface area contributed by atoms with Crippen LogP contribution in [0.4, 0.5) is 0 Å². The lowest BCUT2D eigenvalue weighted by molar-refractivity contribution is 0.0991. The van der Waals surface area contributed by atoms with Crippen LogP contribution in [0, 0.1) is 0 Å². The molecule has 3 rings (SSSR count). The Labute approximate surface area is 102 Å². The van der Waals surface area contributed by atoms with E-state index >= 15 is 0 Å². The molecule has 0 unspecified atom stereocenters. The minimum Gasteiger partial charge on any atom is -0.289 e. The lowest BCUT2D eigenvalue weighted by Crippen LogP contribution is -2.14. The molecule has 0 atom stereocenters. The molecule has 1 aromatic carbocycles. The van der Waals surface area contributed by atoms with Crippen LogP contribution >= 0.6 is 11.6 Å². The first kappa shape index (κ1) is 10.2. The van der Waals surface area contributed by atoms with Gasteiger partial charge in [-0.25, -0.2) is 4.98 Å². The Bertz CT molecular complexity index is 704. The van der Waals surface area contributed by atoms with Gasteiger partial charge in [-0.05, 0) is 18.2 Å². The van der Waals surface area contributed by atoms with E-state index in [-0.39, 0.29) is 22.8 Å². The van der Waals surface area contributed by atoms with Gasteiger partial charge in [-0.2, -0.15) is 0 Å². The van der Waals surface area contributed by atoms with Crippen LogP contribution in [0.5, 0.6) is 0 Å². The molecule has 3 nitrogen and oxygen atoms in total. The topological polar surface area (TPSA) is 47.0 Å². The molecule has 0 amide bonds. The number of fused-ring (bicyclic) bond motifs is 2. The van der Waals surface area contributed by atoms with E-state index in [4.69, 9.17) is 11.6 Å². The van der Waals surface area contributed by atoms with E-state index in [0.717, 1.165) is 0 Å². The van der Waals surface area contributed by atoms with Crippen LogP contribution < -0.4 is 0 Å². The monoisotopic (exact) mass is 243 g/mol. The van der Waals surface area contributed by atoms with Gasteiger partial charge in [-0.15, -0.1) is 0 Å². The number of hydrogen-bond acceptors (Lipinski definition) is 3. The summed E-state index contributed by atoms with van der Waals surface area (Å²) in [6.45, 7) is 0. The molecule has 0 saturated carbocycles. The van der Waals surface area contributed by atoms with Gasteiger partial charge < -0.3 is 0 Å². The zero-order chi connectivity index (χ0) is 12.0. The molecule has 0 radical (unpaired) electrons. The number of carbonyl (C=O) groups excluding carboxylic acids is 2. The number of pyridine rings is 1.